The number of hydrogen-bond donors (Lipinski definition) is 0. The van der Waals surface area contributed by atoms with E-state index in [1.54, 1.807) is 0 Å². The molecule has 0 saturated carbocycles. The summed E-state index contributed by atoms with van der Waals surface area (Å²) in [4.78, 5) is 13.3. The van der Waals surface area contributed by atoms with Gasteiger partial charge in [-0.25, -0.2) is 27.5 Å². The molecule has 0 atom stereocenters. The SMILES string of the molecule is Cc1c(F)c(F)c(C)c(F)c1F.Cc1ccc2c(c1)c1ccccc1n2C.Cc1ccc2c(c1)oc1cc(C)ccc12.Cc1ccc2c(c1)sc1cc(C)ccc12.Cc1ccc2c3ccccc3n(C)c2c1.Cc1nc(C)c2ccccc2c1-c1ccccc1.Cc1nc(C)c2ccccc2n1. The largest absolute Gasteiger partial charge is 0.456 e. The molecule has 0 unspecified atom stereocenters. The van der Waals surface area contributed by atoms with Crippen LogP contribution in [0.2, 0.25) is 0 Å². The van der Waals surface area contributed by atoms with Crippen molar-refractivity contribution in [2.24, 2.45) is 14.1 Å². The fraction of sp³-hybridized carbons (Fsp3) is 0.154. The third-order valence-electron chi connectivity index (χ3n) is 18.7. The van der Waals surface area contributed by atoms with E-state index in [9.17, 15) is 17.6 Å². The van der Waals surface area contributed by atoms with Crippen LogP contribution in [-0.2, 0) is 14.1 Å². The highest BCUT2D eigenvalue weighted by atomic mass is 32.1. The quantitative estimate of drug-likeness (QED) is 0.121. The smallest absolute Gasteiger partial charge is 0.165 e. The second-order valence-electron chi connectivity index (χ2n) is 26.3. The third-order valence-corrected chi connectivity index (χ3v) is 19.8. The van der Waals surface area contributed by atoms with Gasteiger partial charge in [-0.15, -0.1) is 11.3 Å². The first-order valence-corrected chi connectivity index (χ1v) is 34.9. The molecule has 0 aliphatic carbocycles. The average molecular weight is 1370 g/mol. The van der Waals surface area contributed by atoms with Gasteiger partial charge in [0.25, 0.3) is 0 Å². The van der Waals surface area contributed by atoms with Gasteiger partial charge in [0.15, 0.2) is 23.3 Å². The van der Waals surface area contributed by atoms with Crippen molar-refractivity contribution in [1.82, 2.24) is 24.1 Å². The van der Waals surface area contributed by atoms with Gasteiger partial charge in [0.1, 0.15) is 17.0 Å². The summed E-state index contributed by atoms with van der Waals surface area (Å²) in [7, 11) is 4.25. The average Bonchev–Trinajstić information content (AvgIpc) is 1.36. The molecule has 0 aliphatic rings. The lowest BCUT2D eigenvalue weighted by Crippen LogP contribution is -2.02. The second-order valence-corrected chi connectivity index (χ2v) is 27.4. The molecule has 0 amide bonds. The number of aryl methyl sites for hydroxylation is 12. The Balaban J connectivity index is 0.000000113. The lowest BCUT2D eigenvalue weighted by Gasteiger charge is -2.12. The molecule has 6 heterocycles. The summed E-state index contributed by atoms with van der Waals surface area (Å²) >= 11 is 1.89. The van der Waals surface area contributed by atoms with Gasteiger partial charge in [0, 0.05) is 133 Å². The maximum atomic E-state index is 12.7. The number of para-hydroxylation sites is 3. The van der Waals surface area contributed by atoms with Gasteiger partial charge in [-0.2, -0.15) is 0 Å². The van der Waals surface area contributed by atoms with Crippen LogP contribution in [0.5, 0.6) is 0 Å². The summed E-state index contributed by atoms with van der Waals surface area (Å²) in [5, 5.41) is 14.2. The molecule has 12 aromatic carbocycles. The van der Waals surface area contributed by atoms with Crippen LogP contribution < -0.4 is 0 Å². The van der Waals surface area contributed by atoms with E-state index in [2.05, 4.69) is 300 Å². The molecule has 0 bridgehead atoms. The third kappa shape index (κ3) is 14.8. The topological polar surface area (TPSA) is 61.7 Å². The van der Waals surface area contributed by atoms with Crippen molar-refractivity contribution < 1.29 is 22.0 Å². The van der Waals surface area contributed by atoms with Crippen LogP contribution in [0.3, 0.4) is 0 Å². The molecule has 18 rings (SSSR count). The van der Waals surface area contributed by atoms with Crippen LogP contribution in [0.1, 0.15) is 67.4 Å². The van der Waals surface area contributed by atoms with Crippen LogP contribution in [0, 0.1) is 106 Å². The summed E-state index contributed by atoms with van der Waals surface area (Å²) in [6.45, 7) is 22.8. The van der Waals surface area contributed by atoms with Crippen molar-refractivity contribution in [2.75, 3.05) is 0 Å². The van der Waals surface area contributed by atoms with E-state index in [-0.39, 0.29) is 0 Å². The Kier molecular flexibility index (Phi) is 21.0. The molecule has 11 heteroatoms. The summed E-state index contributed by atoms with van der Waals surface area (Å²) in [6, 6.07) is 83.5. The summed E-state index contributed by atoms with van der Waals surface area (Å²) in [5.41, 5.74) is 20.5. The molecule has 102 heavy (non-hydrogen) atoms. The summed E-state index contributed by atoms with van der Waals surface area (Å²) in [5.74, 6) is -4.47. The molecular formula is C91H81F4N5OS. The number of rotatable bonds is 1. The Morgan fingerprint density at radius 2 is 0.676 bits per heavy atom. The van der Waals surface area contributed by atoms with Crippen molar-refractivity contribution >= 4 is 119 Å². The van der Waals surface area contributed by atoms with Crippen molar-refractivity contribution in [3.8, 4) is 11.1 Å². The van der Waals surface area contributed by atoms with Crippen molar-refractivity contribution in [1.29, 1.82) is 0 Å². The molecule has 0 radical (unpaired) electrons. The zero-order valence-corrected chi connectivity index (χ0v) is 60.9. The predicted molar refractivity (Wildman–Crippen MR) is 424 cm³/mol. The maximum absolute atomic E-state index is 12.7. The highest BCUT2D eigenvalue weighted by molar-refractivity contribution is 7.25. The van der Waals surface area contributed by atoms with Gasteiger partial charge in [-0.3, -0.25) is 4.98 Å². The Bertz CT molecular complexity index is 5800. The number of furan rings is 1. The maximum Gasteiger partial charge on any atom is 0.165 e. The molecule has 0 spiro atoms. The predicted octanol–water partition coefficient (Wildman–Crippen LogP) is 25.8. The van der Waals surface area contributed by atoms with E-state index in [1.807, 2.05) is 55.5 Å². The number of fused-ring (bicyclic) bond motifs is 14. The van der Waals surface area contributed by atoms with Crippen molar-refractivity contribution in [3.05, 3.63) is 327 Å². The molecule has 0 saturated heterocycles. The Labute approximate surface area is 596 Å². The van der Waals surface area contributed by atoms with E-state index in [0.717, 1.165) is 58.8 Å². The zero-order chi connectivity index (χ0) is 72.2. The molecule has 0 aliphatic heterocycles. The fourth-order valence-corrected chi connectivity index (χ4v) is 14.6. The van der Waals surface area contributed by atoms with Gasteiger partial charge >= 0.3 is 0 Å². The highest BCUT2D eigenvalue weighted by Gasteiger charge is 2.20. The molecule has 18 aromatic rings. The molecule has 0 fully saturated rings. The number of thiophene rings is 1. The summed E-state index contributed by atoms with van der Waals surface area (Å²) in [6.07, 6.45) is 0. The normalized spacial score (nSPS) is 11.0. The van der Waals surface area contributed by atoms with Crippen LogP contribution in [0.25, 0.3) is 119 Å². The monoisotopic (exact) mass is 1370 g/mol. The molecular weight excluding hydrogens is 1290 g/mol. The number of benzene rings is 12. The minimum atomic E-state index is -1.33. The number of hydrogen-bond acceptors (Lipinski definition) is 5. The zero-order valence-electron chi connectivity index (χ0n) is 60.1. The highest BCUT2D eigenvalue weighted by Crippen LogP contribution is 2.37. The lowest BCUT2D eigenvalue weighted by molar-refractivity contribution is 0.436. The Morgan fingerprint density at radius 1 is 0.294 bits per heavy atom. The Hall–Kier alpha value is -11.3. The van der Waals surface area contributed by atoms with Gasteiger partial charge < -0.3 is 13.6 Å². The summed E-state index contributed by atoms with van der Waals surface area (Å²) < 4.78 is 63.7. The van der Waals surface area contributed by atoms with Crippen LogP contribution in [0.15, 0.2) is 241 Å². The first-order chi connectivity index (χ1) is 49.0. The van der Waals surface area contributed by atoms with Crippen molar-refractivity contribution in [3.63, 3.8) is 0 Å². The number of halogens is 4. The lowest BCUT2D eigenvalue weighted by atomic mass is 9.96. The first-order valence-electron chi connectivity index (χ1n) is 34.1. The number of pyridine rings is 1. The Morgan fingerprint density at radius 3 is 1.23 bits per heavy atom. The van der Waals surface area contributed by atoms with E-state index in [4.69, 9.17) is 4.42 Å². The van der Waals surface area contributed by atoms with Gasteiger partial charge in [0.2, 0.25) is 0 Å². The van der Waals surface area contributed by atoms with Crippen LogP contribution >= 0.6 is 11.3 Å². The molecule has 6 nitrogen and oxygen atoms in total. The fourth-order valence-electron chi connectivity index (χ4n) is 13.3. The van der Waals surface area contributed by atoms with E-state index < -0.39 is 34.4 Å². The minimum Gasteiger partial charge on any atom is -0.456 e. The van der Waals surface area contributed by atoms with E-state index in [1.165, 1.54) is 130 Å². The van der Waals surface area contributed by atoms with Gasteiger partial charge in [-0.1, -0.05) is 181 Å². The molecule has 6 aromatic heterocycles. The van der Waals surface area contributed by atoms with E-state index in [0.29, 0.717) is 0 Å². The van der Waals surface area contributed by atoms with Crippen LogP contribution in [-0.4, -0.2) is 24.1 Å². The number of nitrogens with zero attached hydrogens (tertiary/aromatic N) is 5. The number of aromatic nitrogens is 5. The van der Waals surface area contributed by atoms with Crippen molar-refractivity contribution in [2.45, 2.75) is 83.1 Å². The van der Waals surface area contributed by atoms with E-state index >= 15 is 0 Å². The van der Waals surface area contributed by atoms with Gasteiger partial charge in [-0.05, 0) is 183 Å². The molecule has 510 valence electrons. The standard InChI is InChI=1S/C17H15N.2C14H13N.C14H12O.C14H12S.C10H10N2.C8H6F4/c1-12-15-10-6-7-11-16(15)17(13(2)18-12)14-8-4-3-5-9-14;1-10-7-8-14-12(9-10)11-5-3-4-6-13(11)15(14)2;1-10-7-8-12-11-5-3-4-6-13(11)15(2)14(12)9-10;2*1-9-3-5-11-12-6-4-10(2)8-14(12)15-13(11)7-9;1-7-9-5-3-4-6-10(9)12-8(2)11-7;1-3-5(9)7(11)4(2)8(12)6(3)10/h3-11H,1-2H3;2*3-9H,1-2H3;2*3-8H,1-2H3;3-6H,1-2H3;1-2H3. The first kappa shape index (κ1) is 70.6. The van der Waals surface area contributed by atoms with Crippen LogP contribution in [0.4, 0.5) is 17.6 Å². The minimum absolute atomic E-state index is 0.629. The second kappa shape index (κ2) is 30.3. The van der Waals surface area contributed by atoms with Gasteiger partial charge in [0.05, 0.1) is 5.52 Å². The molecule has 0 N–H and O–H groups in total.